The average molecular weight is 307 g/mol. The second-order valence-electron chi connectivity index (χ2n) is 5.83. The molecule has 0 aromatic carbocycles. The molecule has 0 spiro atoms. The van der Waals surface area contributed by atoms with Gasteiger partial charge in [0.15, 0.2) is 0 Å². The van der Waals surface area contributed by atoms with Crippen molar-refractivity contribution >= 4 is 11.6 Å². The van der Waals surface area contributed by atoms with E-state index >= 15 is 0 Å². The van der Waals surface area contributed by atoms with Crippen molar-refractivity contribution in [2.45, 2.75) is 20.3 Å². The minimum atomic E-state index is 0.0118. The molecule has 6 nitrogen and oxygen atoms in total. The third kappa shape index (κ3) is 5.99. The number of hydrogen-bond acceptors (Lipinski definition) is 5. The molecule has 1 amide bonds. The van der Waals surface area contributed by atoms with E-state index in [-0.39, 0.29) is 5.91 Å². The molecule has 0 unspecified atom stereocenters. The quantitative estimate of drug-likeness (QED) is 0.832. The Balaban J connectivity index is 1.70. The predicted molar refractivity (Wildman–Crippen MR) is 85.1 cm³/mol. The lowest BCUT2D eigenvalue weighted by Crippen LogP contribution is -2.38. The first kappa shape index (κ1) is 16.7. The fourth-order valence-corrected chi connectivity index (χ4v) is 2.23. The molecule has 0 aliphatic carbocycles. The number of aromatic nitrogens is 1. The lowest BCUT2D eigenvalue weighted by Gasteiger charge is -2.26. The highest BCUT2D eigenvalue weighted by molar-refractivity contribution is 5.90. The number of amides is 1. The van der Waals surface area contributed by atoms with Crippen molar-refractivity contribution in [1.29, 1.82) is 0 Å². The first-order valence-corrected chi connectivity index (χ1v) is 7.82. The normalized spacial score (nSPS) is 15.8. The number of carbonyl (C=O) groups is 1. The van der Waals surface area contributed by atoms with Gasteiger partial charge in [0.25, 0.3) is 0 Å². The molecule has 1 aliphatic rings. The van der Waals surface area contributed by atoms with Gasteiger partial charge in [-0.05, 0) is 12.0 Å². The van der Waals surface area contributed by atoms with E-state index in [4.69, 9.17) is 9.47 Å². The van der Waals surface area contributed by atoms with Crippen LogP contribution in [-0.2, 0) is 9.53 Å². The maximum Gasteiger partial charge on any atom is 0.224 e. The van der Waals surface area contributed by atoms with Crippen LogP contribution in [0, 0.1) is 5.92 Å². The number of nitrogens with one attached hydrogen (secondary N) is 1. The Morgan fingerprint density at radius 2 is 2.18 bits per heavy atom. The van der Waals surface area contributed by atoms with Crippen LogP contribution in [0.1, 0.15) is 20.3 Å². The third-order valence-electron chi connectivity index (χ3n) is 3.37. The molecule has 2 heterocycles. The summed E-state index contributed by atoms with van der Waals surface area (Å²) < 4.78 is 10.9. The van der Waals surface area contributed by atoms with Crippen molar-refractivity contribution in [2.24, 2.45) is 5.92 Å². The summed E-state index contributed by atoms with van der Waals surface area (Å²) >= 11 is 0. The van der Waals surface area contributed by atoms with Crippen molar-refractivity contribution in [3.05, 3.63) is 18.3 Å². The van der Waals surface area contributed by atoms with Gasteiger partial charge in [0.2, 0.25) is 11.8 Å². The van der Waals surface area contributed by atoms with E-state index < -0.39 is 0 Å². The number of pyridine rings is 1. The van der Waals surface area contributed by atoms with E-state index in [1.807, 2.05) is 19.9 Å². The van der Waals surface area contributed by atoms with Gasteiger partial charge < -0.3 is 14.8 Å². The van der Waals surface area contributed by atoms with Gasteiger partial charge in [-0.3, -0.25) is 9.69 Å². The lowest BCUT2D eigenvalue weighted by molar-refractivity contribution is -0.116. The molecule has 1 aromatic heterocycles. The Kier molecular flexibility index (Phi) is 6.61. The van der Waals surface area contributed by atoms with Crippen molar-refractivity contribution in [3.8, 4) is 5.88 Å². The summed E-state index contributed by atoms with van der Waals surface area (Å²) in [6, 6.07) is 3.60. The molecular weight excluding hydrogens is 282 g/mol. The zero-order chi connectivity index (χ0) is 15.8. The summed E-state index contributed by atoms with van der Waals surface area (Å²) in [5, 5.41) is 2.83. The Morgan fingerprint density at radius 3 is 2.82 bits per heavy atom. The second-order valence-corrected chi connectivity index (χ2v) is 5.83. The Morgan fingerprint density at radius 1 is 1.41 bits per heavy atom. The number of hydrogen-bond donors (Lipinski definition) is 1. The Hall–Kier alpha value is -1.66. The van der Waals surface area contributed by atoms with E-state index in [9.17, 15) is 4.79 Å². The summed E-state index contributed by atoms with van der Waals surface area (Å²) in [6.07, 6.45) is 2.14. The first-order chi connectivity index (χ1) is 10.6. The number of anilines is 1. The molecule has 0 radical (unpaired) electrons. The number of rotatable bonds is 7. The topological polar surface area (TPSA) is 63.7 Å². The van der Waals surface area contributed by atoms with Crippen molar-refractivity contribution in [1.82, 2.24) is 9.88 Å². The van der Waals surface area contributed by atoms with Crippen molar-refractivity contribution < 1.29 is 14.3 Å². The third-order valence-corrected chi connectivity index (χ3v) is 3.37. The molecule has 1 fully saturated rings. The highest BCUT2D eigenvalue weighted by Gasteiger charge is 2.10. The first-order valence-electron chi connectivity index (χ1n) is 7.82. The van der Waals surface area contributed by atoms with E-state index in [0.29, 0.717) is 30.5 Å². The van der Waals surface area contributed by atoms with Gasteiger partial charge in [-0.1, -0.05) is 13.8 Å². The number of nitrogens with zero attached hydrogens (tertiary/aromatic N) is 2. The summed E-state index contributed by atoms with van der Waals surface area (Å²) in [7, 11) is 0. The SMILES string of the molecule is CC(C)CC(=O)Nc1ccc(OCCN2CCOCC2)nc1. The minimum absolute atomic E-state index is 0.0118. The van der Waals surface area contributed by atoms with Crippen LogP contribution < -0.4 is 10.1 Å². The van der Waals surface area contributed by atoms with Crippen LogP contribution in [0.2, 0.25) is 0 Å². The van der Waals surface area contributed by atoms with Crippen LogP contribution in [0.5, 0.6) is 5.88 Å². The fourth-order valence-electron chi connectivity index (χ4n) is 2.23. The van der Waals surface area contributed by atoms with Gasteiger partial charge >= 0.3 is 0 Å². The molecule has 0 atom stereocenters. The predicted octanol–water partition coefficient (Wildman–Crippen LogP) is 1.78. The zero-order valence-electron chi connectivity index (χ0n) is 13.4. The van der Waals surface area contributed by atoms with Gasteiger partial charge in [-0.2, -0.15) is 0 Å². The zero-order valence-corrected chi connectivity index (χ0v) is 13.4. The van der Waals surface area contributed by atoms with Crippen molar-refractivity contribution in [3.63, 3.8) is 0 Å². The van der Waals surface area contributed by atoms with Crippen molar-refractivity contribution in [2.75, 3.05) is 44.8 Å². The molecular formula is C16H25N3O3. The molecule has 1 aliphatic heterocycles. The van der Waals surface area contributed by atoms with Crippen LogP contribution in [0.4, 0.5) is 5.69 Å². The Bertz CT molecular complexity index is 456. The van der Waals surface area contributed by atoms with E-state index in [2.05, 4.69) is 15.2 Å². The molecule has 22 heavy (non-hydrogen) atoms. The van der Waals surface area contributed by atoms with Crippen LogP contribution in [0.3, 0.4) is 0 Å². The van der Waals surface area contributed by atoms with E-state index in [1.54, 1.807) is 12.3 Å². The monoisotopic (exact) mass is 307 g/mol. The number of morpholine rings is 1. The van der Waals surface area contributed by atoms with Crippen LogP contribution >= 0.6 is 0 Å². The van der Waals surface area contributed by atoms with Gasteiger partial charge in [0.05, 0.1) is 25.1 Å². The maximum atomic E-state index is 11.7. The largest absolute Gasteiger partial charge is 0.476 e. The molecule has 6 heteroatoms. The molecule has 1 N–H and O–H groups in total. The molecule has 1 aromatic rings. The van der Waals surface area contributed by atoms with Crippen LogP contribution in [0.25, 0.3) is 0 Å². The fraction of sp³-hybridized carbons (Fsp3) is 0.625. The minimum Gasteiger partial charge on any atom is -0.476 e. The molecule has 1 saturated heterocycles. The molecule has 0 saturated carbocycles. The molecule has 0 bridgehead atoms. The molecule has 122 valence electrons. The van der Waals surface area contributed by atoms with Gasteiger partial charge in [0.1, 0.15) is 6.61 Å². The molecule has 2 rings (SSSR count). The lowest BCUT2D eigenvalue weighted by atomic mass is 10.1. The Labute approximate surface area is 131 Å². The van der Waals surface area contributed by atoms with Crippen LogP contribution in [-0.4, -0.2) is 55.2 Å². The van der Waals surface area contributed by atoms with Gasteiger partial charge in [0, 0.05) is 32.1 Å². The highest BCUT2D eigenvalue weighted by Crippen LogP contribution is 2.13. The summed E-state index contributed by atoms with van der Waals surface area (Å²) in [6.45, 7) is 9.01. The van der Waals surface area contributed by atoms with E-state index in [0.717, 1.165) is 32.8 Å². The van der Waals surface area contributed by atoms with Gasteiger partial charge in [-0.15, -0.1) is 0 Å². The van der Waals surface area contributed by atoms with E-state index in [1.165, 1.54) is 0 Å². The summed E-state index contributed by atoms with van der Waals surface area (Å²) in [5.41, 5.74) is 0.700. The maximum absolute atomic E-state index is 11.7. The highest BCUT2D eigenvalue weighted by atomic mass is 16.5. The summed E-state index contributed by atoms with van der Waals surface area (Å²) in [4.78, 5) is 18.2. The average Bonchev–Trinajstić information content (AvgIpc) is 2.49. The second kappa shape index (κ2) is 8.70. The summed E-state index contributed by atoms with van der Waals surface area (Å²) in [5.74, 6) is 0.934. The standard InChI is InChI=1S/C16H25N3O3/c1-13(2)11-15(20)18-14-3-4-16(17-12-14)22-10-7-19-5-8-21-9-6-19/h3-4,12-13H,5-11H2,1-2H3,(H,18,20). The smallest absolute Gasteiger partial charge is 0.224 e. The number of carbonyl (C=O) groups excluding carboxylic acids is 1. The van der Waals surface area contributed by atoms with Gasteiger partial charge in [-0.25, -0.2) is 4.98 Å². The van der Waals surface area contributed by atoms with Crippen LogP contribution in [0.15, 0.2) is 18.3 Å². The number of ether oxygens (including phenoxy) is 2.